The minimum Gasteiger partial charge on any atom is -0.338 e. The van der Waals surface area contributed by atoms with Gasteiger partial charge in [-0.05, 0) is 43.6 Å². The number of rotatable bonds is 1. The number of aromatic amines is 1. The molecule has 1 aliphatic carbocycles. The van der Waals surface area contributed by atoms with Crippen molar-refractivity contribution in [2.75, 3.05) is 13.1 Å². The Balaban J connectivity index is 1.79. The Morgan fingerprint density at radius 3 is 2.50 bits per heavy atom. The SMILES string of the molecule is Cc1cc(=O)[nH]cc1C(=O)N1CCCC2(CCCCCC2)C1. The van der Waals surface area contributed by atoms with E-state index in [1.54, 1.807) is 6.20 Å². The van der Waals surface area contributed by atoms with Gasteiger partial charge in [0.05, 0.1) is 5.56 Å². The van der Waals surface area contributed by atoms with Crippen molar-refractivity contribution in [2.24, 2.45) is 5.41 Å². The number of likely N-dealkylation sites (tertiary alicyclic amines) is 1. The zero-order valence-corrected chi connectivity index (χ0v) is 13.5. The first-order valence-electron chi connectivity index (χ1n) is 8.58. The molecule has 1 saturated carbocycles. The van der Waals surface area contributed by atoms with Crippen LogP contribution < -0.4 is 5.56 Å². The molecule has 3 rings (SSSR count). The van der Waals surface area contributed by atoms with Gasteiger partial charge in [0.25, 0.3) is 5.91 Å². The summed E-state index contributed by atoms with van der Waals surface area (Å²) in [5, 5.41) is 0. The van der Waals surface area contributed by atoms with Gasteiger partial charge in [-0.2, -0.15) is 0 Å². The Morgan fingerprint density at radius 2 is 1.82 bits per heavy atom. The first-order chi connectivity index (χ1) is 10.6. The number of nitrogens with one attached hydrogen (secondary N) is 1. The van der Waals surface area contributed by atoms with Crippen LogP contribution in [0.3, 0.4) is 0 Å². The highest BCUT2D eigenvalue weighted by molar-refractivity contribution is 5.95. The molecule has 1 aromatic rings. The van der Waals surface area contributed by atoms with Gasteiger partial charge in [-0.25, -0.2) is 0 Å². The van der Waals surface area contributed by atoms with E-state index in [1.165, 1.54) is 51.0 Å². The minimum absolute atomic E-state index is 0.0806. The molecule has 1 N–H and O–H groups in total. The van der Waals surface area contributed by atoms with E-state index in [0.29, 0.717) is 11.0 Å². The third-order valence-electron chi connectivity index (χ3n) is 5.47. The minimum atomic E-state index is -0.145. The summed E-state index contributed by atoms with van der Waals surface area (Å²) in [5.74, 6) is 0.0806. The fourth-order valence-electron chi connectivity index (χ4n) is 4.24. The molecule has 1 spiro atoms. The lowest BCUT2D eigenvalue weighted by Gasteiger charge is -2.43. The normalized spacial score (nSPS) is 21.6. The largest absolute Gasteiger partial charge is 0.338 e. The fraction of sp³-hybridized carbons (Fsp3) is 0.667. The van der Waals surface area contributed by atoms with Gasteiger partial charge >= 0.3 is 0 Å². The van der Waals surface area contributed by atoms with Gasteiger partial charge < -0.3 is 9.88 Å². The summed E-state index contributed by atoms with van der Waals surface area (Å²) >= 11 is 0. The molecule has 1 aromatic heterocycles. The third-order valence-corrected chi connectivity index (χ3v) is 5.47. The number of hydrogen-bond donors (Lipinski definition) is 1. The lowest BCUT2D eigenvalue weighted by molar-refractivity contribution is 0.0464. The van der Waals surface area contributed by atoms with E-state index in [4.69, 9.17) is 0 Å². The molecule has 0 unspecified atom stereocenters. The van der Waals surface area contributed by atoms with E-state index in [-0.39, 0.29) is 11.5 Å². The average molecular weight is 302 g/mol. The topological polar surface area (TPSA) is 53.2 Å². The van der Waals surface area contributed by atoms with Crippen molar-refractivity contribution >= 4 is 5.91 Å². The smallest absolute Gasteiger partial charge is 0.255 e. The maximum absolute atomic E-state index is 12.8. The maximum Gasteiger partial charge on any atom is 0.255 e. The van der Waals surface area contributed by atoms with Gasteiger partial charge in [-0.3, -0.25) is 9.59 Å². The fourth-order valence-corrected chi connectivity index (χ4v) is 4.24. The van der Waals surface area contributed by atoms with Crippen LogP contribution in [-0.2, 0) is 0 Å². The molecule has 2 fully saturated rings. The van der Waals surface area contributed by atoms with Crippen molar-refractivity contribution in [2.45, 2.75) is 58.3 Å². The van der Waals surface area contributed by atoms with Gasteiger partial charge in [0.2, 0.25) is 5.56 Å². The molecule has 0 radical (unpaired) electrons. The molecule has 2 heterocycles. The maximum atomic E-state index is 12.8. The molecular formula is C18H26N2O2. The second-order valence-corrected chi connectivity index (χ2v) is 7.14. The van der Waals surface area contributed by atoms with Crippen LogP contribution >= 0.6 is 0 Å². The standard InChI is InChI=1S/C18H26N2O2/c1-14-11-16(21)19-12-15(14)17(22)20-10-6-9-18(13-20)7-4-2-3-5-8-18/h11-12H,2-10,13H2,1H3,(H,19,21). The second kappa shape index (κ2) is 6.27. The van der Waals surface area contributed by atoms with Crippen LogP contribution in [0, 0.1) is 12.3 Å². The second-order valence-electron chi connectivity index (χ2n) is 7.14. The molecule has 0 bridgehead atoms. The van der Waals surface area contributed by atoms with Crippen LogP contribution in [-0.4, -0.2) is 28.9 Å². The van der Waals surface area contributed by atoms with E-state index < -0.39 is 0 Å². The van der Waals surface area contributed by atoms with Crippen molar-refractivity contribution < 1.29 is 4.79 Å². The van der Waals surface area contributed by atoms with Crippen molar-refractivity contribution in [3.8, 4) is 0 Å². The molecule has 4 heteroatoms. The van der Waals surface area contributed by atoms with Gasteiger partial charge in [0, 0.05) is 25.4 Å². The van der Waals surface area contributed by atoms with Crippen molar-refractivity contribution in [1.82, 2.24) is 9.88 Å². The summed E-state index contributed by atoms with van der Waals surface area (Å²) in [6.07, 6.45) is 11.8. The van der Waals surface area contributed by atoms with Crippen LogP contribution in [0.5, 0.6) is 0 Å². The number of amides is 1. The summed E-state index contributed by atoms with van der Waals surface area (Å²) < 4.78 is 0. The zero-order valence-electron chi connectivity index (χ0n) is 13.5. The number of hydrogen-bond acceptors (Lipinski definition) is 2. The van der Waals surface area contributed by atoms with Crippen LogP contribution in [0.1, 0.15) is 67.3 Å². The van der Waals surface area contributed by atoms with Gasteiger partial charge in [-0.1, -0.05) is 25.7 Å². The monoisotopic (exact) mass is 302 g/mol. The number of nitrogens with zero attached hydrogens (tertiary/aromatic N) is 1. The molecule has 1 aliphatic heterocycles. The van der Waals surface area contributed by atoms with Crippen LogP contribution in [0.4, 0.5) is 0 Å². The Labute approximate surface area is 131 Å². The number of piperidine rings is 1. The first-order valence-corrected chi connectivity index (χ1v) is 8.58. The first kappa shape index (κ1) is 15.3. The van der Waals surface area contributed by atoms with E-state index >= 15 is 0 Å². The average Bonchev–Trinajstić information content (AvgIpc) is 2.72. The number of aromatic nitrogens is 1. The molecule has 22 heavy (non-hydrogen) atoms. The number of H-pyrrole nitrogens is 1. The van der Waals surface area contributed by atoms with Gasteiger partial charge in [0.1, 0.15) is 0 Å². The summed E-state index contributed by atoms with van der Waals surface area (Å²) in [6, 6.07) is 1.51. The summed E-state index contributed by atoms with van der Waals surface area (Å²) in [7, 11) is 0. The van der Waals surface area contributed by atoms with E-state index in [9.17, 15) is 9.59 Å². The van der Waals surface area contributed by atoms with Crippen molar-refractivity contribution in [1.29, 1.82) is 0 Å². The quantitative estimate of drug-likeness (QED) is 0.865. The van der Waals surface area contributed by atoms with Crippen LogP contribution in [0.25, 0.3) is 0 Å². The number of carbonyl (C=O) groups is 1. The Morgan fingerprint density at radius 1 is 1.14 bits per heavy atom. The predicted octanol–water partition coefficient (Wildman–Crippen LogP) is 3.26. The van der Waals surface area contributed by atoms with E-state index in [2.05, 4.69) is 4.98 Å². The Kier molecular flexibility index (Phi) is 4.37. The van der Waals surface area contributed by atoms with Crippen molar-refractivity contribution in [3.63, 3.8) is 0 Å². The third kappa shape index (κ3) is 3.11. The Bertz CT molecular complexity index is 597. The zero-order chi connectivity index (χ0) is 15.6. The molecule has 120 valence electrons. The van der Waals surface area contributed by atoms with Gasteiger partial charge in [-0.15, -0.1) is 0 Å². The van der Waals surface area contributed by atoms with Crippen LogP contribution in [0.2, 0.25) is 0 Å². The molecule has 2 aliphatic rings. The number of carbonyl (C=O) groups excluding carboxylic acids is 1. The van der Waals surface area contributed by atoms with Crippen LogP contribution in [0.15, 0.2) is 17.1 Å². The summed E-state index contributed by atoms with van der Waals surface area (Å²) in [6.45, 7) is 3.58. The molecule has 4 nitrogen and oxygen atoms in total. The van der Waals surface area contributed by atoms with Crippen molar-refractivity contribution in [3.05, 3.63) is 33.7 Å². The predicted molar refractivity (Wildman–Crippen MR) is 87.1 cm³/mol. The molecule has 0 atom stereocenters. The highest BCUT2D eigenvalue weighted by Crippen LogP contribution is 2.42. The number of pyridine rings is 1. The Hall–Kier alpha value is -1.58. The molecule has 1 saturated heterocycles. The lowest BCUT2D eigenvalue weighted by Crippen LogP contribution is -2.46. The molecule has 0 aromatic carbocycles. The van der Waals surface area contributed by atoms with Gasteiger partial charge in [0.15, 0.2) is 0 Å². The van der Waals surface area contributed by atoms with E-state index in [1.807, 2.05) is 11.8 Å². The summed E-state index contributed by atoms with van der Waals surface area (Å²) in [4.78, 5) is 28.9. The highest BCUT2D eigenvalue weighted by atomic mass is 16.2. The summed E-state index contributed by atoms with van der Waals surface area (Å²) in [5.41, 5.74) is 1.62. The highest BCUT2D eigenvalue weighted by Gasteiger charge is 2.37. The number of aryl methyl sites for hydroxylation is 1. The van der Waals surface area contributed by atoms with E-state index in [0.717, 1.165) is 25.1 Å². The molecular weight excluding hydrogens is 276 g/mol. The lowest BCUT2D eigenvalue weighted by atomic mass is 9.74. The molecule has 1 amide bonds.